The van der Waals surface area contributed by atoms with Gasteiger partial charge in [0.2, 0.25) is 0 Å². The van der Waals surface area contributed by atoms with Gasteiger partial charge in [-0.15, -0.1) is 11.3 Å². The lowest BCUT2D eigenvalue weighted by Gasteiger charge is -2.40. The molecular weight excluding hydrogens is 304 g/mol. The number of likely N-dealkylation sites (tertiary alicyclic amines) is 1. The monoisotopic (exact) mass is 326 g/mol. The standard InChI is InChI=1S/C15H22N2O2S2/c1-9-6-5-7-10(2)17(9)15(20)16-13-12(14(18)19-4)8-11(3)21-13/h8-10H,5-7H2,1-4H3,(H,16,20). The van der Waals surface area contributed by atoms with Gasteiger partial charge in [0.15, 0.2) is 5.11 Å². The van der Waals surface area contributed by atoms with Crippen molar-refractivity contribution in [2.24, 2.45) is 0 Å². The predicted molar refractivity (Wildman–Crippen MR) is 91.2 cm³/mol. The highest BCUT2D eigenvalue weighted by molar-refractivity contribution is 7.80. The average Bonchev–Trinajstić information content (AvgIpc) is 2.78. The van der Waals surface area contributed by atoms with Crippen LogP contribution in [0.5, 0.6) is 0 Å². The molecule has 0 saturated carbocycles. The number of thiophene rings is 1. The largest absolute Gasteiger partial charge is 0.465 e. The number of esters is 1. The van der Waals surface area contributed by atoms with Crippen molar-refractivity contribution in [3.63, 3.8) is 0 Å². The molecule has 2 heterocycles. The van der Waals surface area contributed by atoms with Crippen LogP contribution in [0, 0.1) is 6.92 Å². The molecule has 21 heavy (non-hydrogen) atoms. The molecule has 0 amide bonds. The molecule has 4 nitrogen and oxygen atoms in total. The molecule has 1 saturated heterocycles. The van der Waals surface area contributed by atoms with Crippen LogP contribution in [-0.4, -0.2) is 35.2 Å². The average molecular weight is 326 g/mol. The zero-order valence-corrected chi connectivity index (χ0v) is 14.6. The maximum atomic E-state index is 11.8. The van der Waals surface area contributed by atoms with Crippen molar-refractivity contribution in [2.45, 2.75) is 52.1 Å². The first-order valence-corrected chi connectivity index (χ1v) is 8.44. The number of carbonyl (C=O) groups excluding carboxylic acids is 1. The van der Waals surface area contributed by atoms with E-state index in [0.717, 1.165) is 22.7 Å². The van der Waals surface area contributed by atoms with Crippen LogP contribution in [0.15, 0.2) is 6.07 Å². The first-order valence-electron chi connectivity index (χ1n) is 7.22. The SMILES string of the molecule is COC(=O)c1cc(C)sc1NC(=S)N1C(C)CCCC1C. The molecule has 2 rings (SSSR count). The molecule has 1 aliphatic heterocycles. The van der Waals surface area contributed by atoms with Gasteiger partial charge < -0.3 is 15.0 Å². The Morgan fingerprint density at radius 1 is 1.43 bits per heavy atom. The lowest BCUT2D eigenvalue weighted by molar-refractivity contribution is 0.0602. The number of carbonyl (C=O) groups is 1. The summed E-state index contributed by atoms with van der Waals surface area (Å²) in [7, 11) is 1.40. The number of hydrogen-bond acceptors (Lipinski definition) is 4. The Kier molecular flexibility index (Phi) is 5.22. The van der Waals surface area contributed by atoms with Crippen LogP contribution < -0.4 is 5.32 Å². The number of anilines is 1. The number of nitrogens with one attached hydrogen (secondary N) is 1. The number of ether oxygens (including phenoxy) is 1. The van der Waals surface area contributed by atoms with Gasteiger partial charge in [-0.25, -0.2) is 4.79 Å². The molecule has 116 valence electrons. The van der Waals surface area contributed by atoms with Gasteiger partial charge in [-0.3, -0.25) is 0 Å². The summed E-state index contributed by atoms with van der Waals surface area (Å²) in [6.45, 7) is 6.37. The molecule has 2 atom stereocenters. The highest BCUT2D eigenvalue weighted by Gasteiger charge is 2.27. The zero-order chi connectivity index (χ0) is 15.6. The van der Waals surface area contributed by atoms with Gasteiger partial charge in [0.05, 0.1) is 12.7 Å². The number of piperidine rings is 1. The van der Waals surface area contributed by atoms with E-state index in [9.17, 15) is 4.79 Å². The van der Waals surface area contributed by atoms with Gasteiger partial charge in [-0.05, 0) is 58.3 Å². The van der Waals surface area contributed by atoms with Crippen molar-refractivity contribution < 1.29 is 9.53 Å². The molecule has 0 aliphatic carbocycles. The number of aryl methyl sites for hydroxylation is 1. The van der Waals surface area contributed by atoms with Gasteiger partial charge in [0.25, 0.3) is 0 Å². The molecule has 0 spiro atoms. The molecule has 0 aromatic carbocycles. The Hall–Kier alpha value is -1.14. The molecule has 1 N–H and O–H groups in total. The summed E-state index contributed by atoms with van der Waals surface area (Å²) in [5.74, 6) is -0.329. The summed E-state index contributed by atoms with van der Waals surface area (Å²) in [5, 5.41) is 4.72. The lowest BCUT2D eigenvalue weighted by atomic mass is 9.98. The topological polar surface area (TPSA) is 41.6 Å². The van der Waals surface area contributed by atoms with E-state index in [0.29, 0.717) is 22.8 Å². The Morgan fingerprint density at radius 3 is 2.62 bits per heavy atom. The Morgan fingerprint density at radius 2 is 2.05 bits per heavy atom. The van der Waals surface area contributed by atoms with Crippen molar-refractivity contribution in [1.82, 2.24) is 4.90 Å². The molecule has 0 bridgehead atoms. The van der Waals surface area contributed by atoms with Gasteiger partial charge >= 0.3 is 5.97 Å². The van der Waals surface area contributed by atoms with Gasteiger partial charge in [-0.2, -0.15) is 0 Å². The smallest absolute Gasteiger partial charge is 0.340 e. The molecule has 6 heteroatoms. The Labute approximate surface area is 135 Å². The van der Waals surface area contributed by atoms with Gasteiger partial charge in [-0.1, -0.05) is 0 Å². The summed E-state index contributed by atoms with van der Waals surface area (Å²) >= 11 is 7.10. The van der Waals surface area contributed by atoms with E-state index in [2.05, 4.69) is 24.1 Å². The van der Waals surface area contributed by atoms with Crippen molar-refractivity contribution >= 4 is 39.6 Å². The molecule has 1 fully saturated rings. The minimum absolute atomic E-state index is 0.329. The van der Waals surface area contributed by atoms with Crippen LogP contribution in [0.3, 0.4) is 0 Å². The molecule has 1 aromatic rings. The first-order chi connectivity index (χ1) is 9.93. The summed E-state index contributed by atoms with van der Waals surface area (Å²) < 4.78 is 4.83. The maximum Gasteiger partial charge on any atom is 0.340 e. The third kappa shape index (κ3) is 3.55. The summed E-state index contributed by atoms with van der Waals surface area (Å²) in [6, 6.07) is 2.69. The van der Waals surface area contributed by atoms with Crippen LogP contribution in [0.25, 0.3) is 0 Å². The Bertz CT molecular complexity index is 532. The third-order valence-electron chi connectivity index (χ3n) is 3.91. The van der Waals surface area contributed by atoms with E-state index in [-0.39, 0.29) is 5.97 Å². The number of nitrogens with zero attached hydrogens (tertiary/aromatic N) is 1. The minimum Gasteiger partial charge on any atom is -0.465 e. The van der Waals surface area contributed by atoms with E-state index >= 15 is 0 Å². The maximum absolute atomic E-state index is 11.8. The normalized spacial score (nSPS) is 22.0. The van der Waals surface area contributed by atoms with E-state index in [4.69, 9.17) is 17.0 Å². The summed E-state index contributed by atoms with van der Waals surface area (Å²) in [4.78, 5) is 15.1. The fraction of sp³-hybridized carbons (Fsp3) is 0.600. The van der Waals surface area contributed by atoms with E-state index in [1.54, 1.807) is 0 Å². The number of rotatable bonds is 2. The second kappa shape index (κ2) is 6.75. The molecule has 1 aliphatic rings. The summed E-state index contributed by atoms with van der Waals surface area (Å²) in [5.41, 5.74) is 0.555. The van der Waals surface area contributed by atoms with Crippen LogP contribution in [0.4, 0.5) is 5.00 Å². The van der Waals surface area contributed by atoms with Crippen LogP contribution >= 0.6 is 23.6 Å². The van der Waals surface area contributed by atoms with Crippen LogP contribution in [0.1, 0.15) is 48.3 Å². The van der Waals surface area contributed by atoms with E-state index in [1.807, 2.05) is 13.0 Å². The second-order valence-electron chi connectivity index (χ2n) is 5.56. The molecule has 1 aromatic heterocycles. The third-order valence-corrected chi connectivity index (χ3v) is 5.19. The Balaban J connectivity index is 2.17. The number of methoxy groups -OCH3 is 1. The number of thiocarbonyl (C=S) groups is 1. The minimum atomic E-state index is -0.329. The van der Waals surface area contributed by atoms with E-state index in [1.165, 1.54) is 24.9 Å². The molecule has 2 unspecified atom stereocenters. The summed E-state index contributed by atoms with van der Waals surface area (Å²) in [6.07, 6.45) is 3.55. The fourth-order valence-electron chi connectivity index (χ4n) is 2.85. The van der Waals surface area contributed by atoms with Crippen molar-refractivity contribution in [2.75, 3.05) is 12.4 Å². The number of hydrogen-bond donors (Lipinski definition) is 1. The molecule has 0 radical (unpaired) electrons. The molecular formula is C15H22N2O2S2. The quantitative estimate of drug-likeness (QED) is 0.661. The van der Waals surface area contributed by atoms with Crippen molar-refractivity contribution in [3.8, 4) is 0 Å². The fourth-order valence-corrected chi connectivity index (χ4v) is 4.28. The lowest BCUT2D eigenvalue weighted by Crippen LogP contribution is -2.49. The van der Waals surface area contributed by atoms with Gasteiger partial charge in [0.1, 0.15) is 5.00 Å². The zero-order valence-electron chi connectivity index (χ0n) is 12.9. The predicted octanol–water partition coefficient (Wildman–Crippen LogP) is 3.80. The highest BCUT2D eigenvalue weighted by atomic mass is 32.1. The van der Waals surface area contributed by atoms with E-state index < -0.39 is 0 Å². The van der Waals surface area contributed by atoms with Crippen LogP contribution in [0.2, 0.25) is 0 Å². The van der Waals surface area contributed by atoms with Gasteiger partial charge in [0, 0.05) is 17.0 Å². The first kappa shape index (κ1) is 16.2. The highest BCUT2D eigenvalue weighted by Crippen LogP contribution is 2.30. The second-order valence-corrected chi connectivity index (χ2v) is 7.20. The van der Waals surface area contributed by atoms with Crippen molar-refractivity contribution in [1.29, 1.82) is 0 Å². The van der Waals surface area contributed by atoms with Crippen LogP contribution in [-0.2, 0) is 4.74 Å². The van der Waals surface area contributed by atoms with Crippen molar-refractivity contribution in [3.05, 3.63) is 16.5 Å².